The van der Waals surface area contributed by atoms with E-state index in [2.05, 4.69) is 10.5 Å². The van der Waals surface area contributed by atoms with E-state index >= 15 is 0 Å². The van der Waals surface area contributed by atoms with Crippen molar-refractivity contribution in [2.24, 2.45) is 5.10 Å². The highest BCUT2D eigenvalue weighted by atomic mass is 32.2. The Bertz CT molecular complexity index is 597. The van der Waals surface area contributed by atoms with Gasteiger partial charge in [-0.25, -0.2) is 0 Å². The average Bonchev–Trinajstić information content (AvgIpc) is 2.98. The average molecular weight is 340 g/mol. The molecule has 6 nitrogen and oxygen atoms in total. The van der Waals surface area contributed by atoms with Crippen LogP contribution in [0.4, 0.5) is 0 Å². The lowest BCUT2D eigenvalue weighted by Crippen LogP contribution is -2.70. The van der Waals surface area contributed by atoms with Crippen LogP contribution in [0.25, 0.3) is 0 Å². The van der Waals surface area contributed by atoms with E-state index in [9.17, 15) is 20.4 Å². The normalized spacial score (nSPS) is 25.7. The molecular formula is C16H24N2O4S. The zero-order valence-electron chi connectivity index (χ0n) is 13.7. The number of hydrazone groups is 1. The summed E-state index contributed by atoms with van der Waals surface area (Å²) >= 11 is 1.27. The van der Waals surface area contributed by atoms with E-state index in [1.54, 1.807) is 0 Å². The predicted octanol–water partition coefficient (Wildman–Crippen LogP) is 0.564. The molecule has 0 bridgehead atoms. The number of aliphatic hydroxyl groups is 4. The van der Waals surface area contributed by atoms with Crippen LogP contribution in [0.5, 0.6) is 0 Å². The molecule has 1 aliphatic heterocycles. The number of nitrogens with zero attached hydrogens (tertiary/aromatic N) is 1. The smallest absolute Gasteiger partial charge is 0.127 e. The molecule has 2 rings (SSSR count). The summed E-state index contributed by atoms with van der Waals surface area (Å²) in [5.41, 5.74) is -0.732. The quantitative estimate of drug-likeness (QED) is 0.537. The topological polar surface area (TPSA) is 105 Å². The highest BCUT2D eigenvalue weighted by Gasteiger charge is 2.58. The van der Waals surface area contributed by atoms with Crippen LogP contribution in [0.2, 0.25) is 0 Å². The van der Waals surface area contributed by atoms with E-state index in [1.807, 2.05) is 31.2 Å². The Kier molecular flexibility index (Phi) is 4.81. The number of rotatable bonds is 5. The fourth-order valence-electron chi connectivity index (χ4n) is 2.31. The molecule has 0 spiro atoms. The first kappa shape index (κ1) is 18.2. The van der Waals surface area contributed by atoms with Crippen LogP contribution < -0.4 is 5.43 Å². The largest absolute Gasteiger partial charge is 0.393 e. The summed E-state index contributed by atoms with van der Waals surface area (Å²) in [6, 6.07) is 7.80. The third kappa shape index (κ3) is 3.12. The number of aryl methyl sites for hydroxylation is 1. The lowest BCUT2D eigenvalue weighted by Gasteiger charge is -2.48. The molecule has 0 radical (unpaired) electrons. The van der Waals surface area contributed by atoms with Gasteiger partial charge in [-0.2, -0.15) is 5.10 Å². The van der Waals surface area contributed by atoms with Crippen LogP contribution in [0, 0.1) is 6.92 Å². The standard InChI is InChI=1S/C16H24N2O4S/c1-10-5-7-11(8-6-10)12-17-18-13(23-12)15(3,21)16(4,22)14(2,20)9-19/h5-8,13,18-22H,9H2,1-4H3/t13-,14-,15-,16+/m0/s1. The second-order valence-corrected chi connectivity index (χ2v) is 7.66. The minimum atomic E-state index is -1.96. The van der Waals surface area contributed by atoms with Gasteiger partial charge in [0.25, 0.3) is 0 Å². The minimum Gasteiger partial charge on any atom is -0.393 e. The van der Waals surface area contributed by atoms with Gasteiger partial charge in [-0.05, 0) is 27.7 Å². The number of benzene rings is 1. The first-order valence-electron chi connectivity index (χ1n) is 7.38. The van der Waals surface area contributed by atoms with E-state index in [0.717, 1.165) is 11.1 Å². The third-order valence-corrected chi connectivity index (χ3v) is 6.01. The number of hydrogen-bond acceptors (Lipinski definition) is 7. The van der Waals surface area contributed by atoms with Crippen LogP contribution in [-0.4, -0.2) is 54.3 Å². The minimum absolute atomic E-state index is 0.674. The summed E-state index contributed by atoms with van der Waals surface area (Å²) in [6.07, 6.45) is 0. The van der Waals surface area contributed by atoms with E-state index in [1.165, 1.54) is 32.5 Å². The summed E-state index contributed by atoms with van der Waals surface area (Å²) in [5.74, 6) is 0. The van der Waals surface area contributed by atoms with Crippen LogP contribution in [0.1, 0.15) is 31.9 Å². The molecule has 128 valence electrons. The van der Waals surface area contributed by atoms with Crippen molar-refractivity contribution in [3.8, 4) is 0 Å². The molecule has 1 heterocycles. The van der Waals surface area contributed by atoms with Gasteiger partial charge in [0.1, 0.15) is 27.2 Å². The Morgan fingerprint density at radius 3 is 2.22 bits per heavy atom. The third-order valence-electron chi connectivity index (χ3n) is 4.66. The number of thioether (sulfide) groups is 1. The van der Waals surface area contributed by atoms with E-state index < -0.39 is 28.8 Å². The van der Waals surface area contributed by atoms with Crippen LogP contribution in [-0.2, 0) is 0 Å². The molecule has 0 amide bonds. The van der Waals surface area contributed by atoms with Gasteiger partial charge in [0, 0.05) is 5.56 Å². The Morgan fingerprint density at radius 2 is 1.70 bits per heavy atom. The summed E-state index contributed by atoms with van der Waals surface area (Å²) < 4.78 is 0. The molecule has 1 aliphatic rings. The SMILES string of the molecule is Cc1ccc(C2=NN[C@H]([C@](C)(O)[C@](C)(O)[C@@](C)(O)CO)S2)cc1. The molecule has 0 saturated heterocycles. The second-order valence-electron chi connectivity index (χ2n) is 6.56. The molecule has 7 heteroatoms. The van der Waals surface area contributed by atoms with Crippen molar-refractivity contribution < 1.29 is 20.4 Å². The molecule has 0 unspecified atom stereocenters. The summed E-state index contributed by atoms with van der Waals surface area (Å²) in [7, 11) is 0. The second kappa shape index (κ2) is 6.07. The Hall–Kier alpha value is -1.12. The van der Waals surface area contributed by atoms with Gasteiger partial charge in [-0.15, -0.1) is 0 Å². The molecular weight excluding hydrogens is 316 g/mol. The van der Waals surface area contributed by atoms with E-state index in [0.29, 0.717) is 5.04 Å². The van der Waals surface area contributed by atoms with Crippen molar-refractivity contribution >= 4 is 16.8 Å². The van der Waals surface area contributed by atoms with Crippen LogP contribution >= 0.6 is 11.8 Å². The van der Waals surface area contributed by atoms with Gasteiger partial charge in [0.05, 0.1) is 6.61 Å². The molecule has 23 heavy (non-hydrogen) atoms. The first-order chi connectivity index (χ1) is 10.5. The molecule has 4 atom stereocenters. The van der Waals surface area contributed by atoms with Crippen molar-refractivity contribution in [3.05, 3.63) is 35.4 Å². The van der Waals surface area contributed by atoms with Crippen molar-refractivity contribution in [2.45, 2.75) is 49.9 Å². The van der Waals surface area contributed by atoms with Crippen molar-refractivity contribution in [1.29, 1.82) is 0 Å². The maximum atomic E-state index is 10.8. The van der Waals surface area contributed by atoms with E-state index in [4.69, 9.17) is 0 Å². The zero-order chi connectivity index (χ0) is 17.5. The maximum absolute atomic E-state index is 10.8. The number of hydrogen-bond donors (Lipinski definition) is 5. The summed E-state index contributed by atoms with van der Waals surface area (Å²) in [5, 5.41) is 45.3. The molecule has 0 aliphatic carbocycles. The lowest BCUT2D eigenvalue weighted by atomic mass is 9.73. The van der Waals surface area contributed by atoms with Gasteiger partial charge < -0.3 is 20.4 Å². The molecule has 1 aromatic rings. The van der Waals surface area contributed by atoms with Crippen LogP contribution in [0.3, 0.4) is 0 Å². The first-order valence-corrected chi connectivity index (χ1v) is 8.26. The van der Waals surface area contributed by atoms with Gasteiger partial charge in [-0.1, -0.05) is 41.6 Å². The van der Waals surface area contributed by atoms with Gasteiger partial charge in [0.2, 0.25) is 0 Å². The lowest BCUT2D eigenvalue weighted by molar-refractivity contribution is -0.236. The zero-order valence-corrected chi connectivity index (χ0v) is 14.6. The summed E-state index contributed by atoms with van der Waals surface area (Å²) in [4.78, 5) is 0. The predicted molar refractivity (Wildman–Crippen MR) is 91.2 cm³/mol. The van der Waals surface area contributed by atoms with Crippen molar-refractivity contribution in [1.82, 2.24) is 5.43 Å². The van der Waals surface area contributed by atoms with E-state index in [-0.39, 0.29) is 0 Å². The molecule has 0 saturated carbocycles. The highest BCUT2D eigenvalue weighted by Crippen LogP contribution is 2.40. The monoisotopic (exact) mass is 340 g/mol. The summed E-state index contributed by atoms with van der Waals surface area (Å²) in [6.45, 7) is 5.31. The Labute approximate surface area is 140 Å². The Balaban J connectivity index is 2.20. The maximum Gasteiger partial charge on any atom is 0.127 e. The van der Waals surface area contributed by atoms with Gasteiger partial charge in [-0.3, -0.25) is 5.43 Å². The van der Waals surface area contributed by atoms with Gasteiger partial charge in [0.15, 0.2) is 0 Å². The molecule has 0 fully saturated rings. The van der Waals surface area contributed by atoms with Crippen molar-refractivity contribution in [3.63, 3.8) is 0 Å². The van der Waals surface area contributed by atoms with Gasteiger partial charge >= 0.3 is 0 Å². The fraction of sp³-hybridized carbons (Fsp3) is 0.562. The van der Waals surface area contributed by atoms with Crippen LogP contribution in [0.15, 0.2) is 29.4 Å². The fourth-order valence-corrected chi connectivity index (χ4v) is 3.47. The molecule has 0 aromatic heterocycles. The molecule has 1 aromatic carbocycles. The molecule has 5 N–H and O–H groups in total. The van der Waals surface area contributed by atoms with Crippen molar-refractivity contribution in [2.75, 3.05) is 6.61 Å². The highest BCUT2D eigenvalue weighted by molar-refractivity contribution is 8.15. The Morgan fingerprint density at radius 1 is 1.13 bits per heavy atom. The number of nitrogens with one attached hydrogen (secondary N) is 1. The number of aliphatic hydroxyl groups excluding tert-OH is 1.